The van der Waals surface area contributed by atoms with Crippen LogP contribution in [0, 0.1) is 5.92 Å². The first-order chi connectivity index (χ1) is 12.2. The van der Waals surface area contributed by atoms with Crippen LogP contribution in [0.25, 0.3) is 0 Å². The number of imide groups is 1. The summed E-state index contributed by atoms with van der Waals surface area (Å²) in [6, 6.07) is 6.36. The lowest BCUT2D eigenvalue weighted by molar-refractivity contribution is -0.104. The second-order valence-electron chi connectivity index (χ2n) is 7.87. The summed E-state index contributed by atoms with van der Waals surface area (Å²) in [4.78, 5) is 44.3. The number of hydrogen-bond acceptors (Lipinski definition) is 5. The lowest BCUT2D eigenvalue weighted by atomic mass is 10.1. The number of hydrogen-bond donors (Lipinski definition) is 0. The number of hydroxylamine groups is 2. The molecular formula is C19H24N2O5. The van der Waals surface area contributed by atoms with Crippen molar-refractivity contribution in [2.45, 2.75) is 45.8 Å². The molecule has 0 spiro atoms. The van der Waals surface area contributed by atoms with Crippen LogP contribution in [0.4, 0.5) is 4.79 Å². The van der Waals surface area contributed by atoms with Crippen LogP contribution >= 0.6 is 0 Å². The van der Waals surface area contributed by atoms with Crippen molar-refractivity contribution in [3.8, 4) is 0 Å². The number of nitrogens with zero attached hydrogens (tertiary/aromatic N) is 2. The molecule has 2 aliphatic rings. The highest BCUT2D eigenvalue weighted by Crippen LogP contribution is 2.27. The fourth-order valence-corrected chi connectivity index (χ4v) is 3.30. The van der Waals surface area contributed by atoms with Crippen molar-refractivity contribution in [2.24, 2.45) is 5.92 Å². The van der Waals surface area contributed by atoms with Crippen LogP contribution in [0.1, 0.15) is 54.8 Å². The standard InChI is InChI=1S/C19H24N2O5/c1-12-9-13(20(10-12)18(24)26-19(2,3)4)11-25-21-16(22)14-7-5-6-8-15(14)17(21)23/h5-8,12-13H,9-11H2,1-4H3/t12-,13+/m1/s1. The maximum absolute atomic E-state index is 12.4. The minimum atomic E-state index is -0.586. The number of ether oxygens (including phenoxy) is 1. The summed E-state index contributed by atoms with van der Waals surface area (Å²) in [6.07, 6.45) is 0.320. The maximum Gasteiger partial charge on any atom is 0.410 e. The van der Waals surface area contributed by atoms with Gasteiger partial charge in [-0.05, 0) is 45.2 Å². The Morgan fingerprint density at radius 2 is 1.73 bits per heavy atom. The number of rotatable bonds is 3. The lowest BCUT2D eigenvalue weighted by Crippen LogP contribution is -2.43. The van der Waals surface area contributed by atoms with Crippen LogP contribution in [-0.2, 0) is 9.57 Å². The minimum Gasteiger partial charge on any atom is -0.444 e. The van der Waals surface area contributed by atoms with E-state index in [1.54, 1.807) is 29.2 Å². The Morgan fingerprint density at radius 3 is 2.27 bits per heavy atom. The zero-order valence-electron chi connectivity index (χ0n) is 15.5. The molecule has 1 fully saturated rings. The summed E-state index contributed by atoms with van der Waals surface area (Å²) in [5.74, 6) is -0.653. The molecule has 7 nitrogen and oxygen atoms in total. The van der Waals surface area contributed by atoms with Crippen molar-refractivity contribution >= 4 is 17.9 Å². The summed E-state index contributed by atoms with van der Waals surface area (Å²) in [7, 11) is 0. The van der Waals surface area contributed by atoms with E-state index in [-0.39, 0.29) is 12.6 Å². The zero-order chi connectivity index (χ0) is 19.1. The molecule has 3 rings (SSSR count). The van der Waals surface area contributed by atoms with Crippen LogP contribution in [0.2, 0.25) is 0 Å². The van der Waals surface area contributed by atoms with Crippen LogP contribution in [0.3, 0.4) is 0 Å². The van der Waals surface area contributed by atoms with Crippen molar-refractivity contribution in [2.75, 3.05) is 13.2 Å². The predicted octanol–water partition coefficient (Wildman–Crippen LogP) is 2.86. The van der Waals surface area contributed by atoms with Crippen LogP contribution in [0.15, 0.2) is 24.3 Å². The van der Waals surface area contributed by atoms with Crippen molar-refractivity contribution in [3.63, 3.8) is 0 Å². The molecule has 1 aromatic rings. The fraction of sp³-hybridized carbons (Fsp3) is 0.526. The molecule has 2 heterocycles. The summed E-state index contributed by atoms with van der Waals surface area (Å²) in [6.45, 7) is 8.11. The monoisotopic (exact) mass is 360 g/mol. The Kier molecular flexibility index (Phi) is 4.75. The van der Waals surface area contributed by atoms with Gasteiger partial charge in [0.2, 0.25) is 0 Å². The predicted molar refractivity (Wildman–Crippen MR) is 93.4 cm³/mol. The molecule has 7 heteroatoms. The topological polar surface area (TPSA) is 76.2 Å². The average Bonchev–Trinajstić information content (AvgIpc) is 3.04. The Morgan fingerprint density at radius 1 is 1.15 bits per heavy atom. The first kappa shape index (κ1) is 18.4. The highest BCUT2D eigenvalue weighted by molar-refractivity contribution is 6.20. The molecule has 0 aromatic heterocycles. The largest absolute Gasteiger partial charge is 0.444 e. The molecule has 0 radical (unpaired) electrons. The van der Waals surface area contributed by atoms with Gasteiger partial charge in [-0.25, -0.2) is 4.79 Å². The number of fused-ring (bicyclic) bond motifs is 1. The van der Waals surface area contributed by atoms with E-state index >= 15 is 0 Å². The molecule has 1 aromatic carbocycles. The highest BCUT2D eigenvalue weighted by atomic mass is 16.7. The number of amides is 3. The first-order valence-electron chi connectivity index (χ1n) is 8.77. The maximum atomic E-state index is 12.4. The summed E-state index contributed by atoms with van der Waals surface area (Å²) < 4.78 is 5.45. The van der Waals surface area contributed by atoms with Gasteiger partial charge < -0.3 is 9.64 Å². The molecule has 0 saturated carbocycles. The molecular weight excluding hydrogens is 336 g/mol. The molecule has 0 aliphatic carbocycles. The van der Waals surface area contributed by atoms with Gasteiger partial charge in [0.05, 0.1) is 23.8 Å². The molecule has 140 valence electrons. The normalized spacial score (nSPS) is 22.8. The molecule has 0 unspecified atom stereocenters. The fourth-order valence-electron chi connectivity index (χ4n) is 3.30. The van der Waals surface area contributed by atoms with Crippen molar-refractivity contribution in [1.29, 1.82) is 0 Å². The van der Waals surface area contributed by atoms with E-state index in [0.29, 0.717) is 23.6 Å². The Bertz CT molecular complexity index is 705. The van der Waals surface area contributed by atoms with Crippen molar-refractivity contribution in [1.82, 2.24) is 9.96 Å². The number of benzene rings is 1. The third-order valence-electron chi connectivity index (χ3n) is 4.40. The third kappa shape index (κ3) is 3.58. The smallest absolute Gasteiger partial charge is 0.410 e. The molecule has 26 heavy (non-hydrogen) atoms. The molecule has 0 N–H and O–H groups in total. The quantitative estimate of drug-likeness (QED) is 0.775. The van der Waals surface area contributed by atoms with E-state index in [0.717, 1.165) is 11.5 Å². The Balaban J connectivity index is 1.66. The van der Waals surface area contributed by atoms with Crippen LogP contribution in [0.5, 0.6) is 0 Å². The van der Waals surface area contributed by atoms with E-state index in [4.69, 9.17) is 9.57 Å². The Hall–Kier alpha value is -2.41. The minimum absolute atomic E-state index is 0.0645. The van der Waals surface area contributed by atoms with Gasteiger partial charge in [0.1, 0.15) is 5.60 Å². The molecule has 2 atom stereocenters. The van der Waals surface area contributed by atoms with Gasteiger partial charge in [0, 0.05) is 6.54 Å². The van der Waals surface area contributed by atoms with Crippen LogP contribution < -0.4 is 0 Å². The van der Waals surface area contributed by atoms with E-state index in [2.05, 4.69) is 0 Å². The van der Waals surface area contributed by atoms with Gasteiger partial charge in [0.25, 0.3) is 11.8 Å². The van der Waals surface area contributed by atoms with Crippen molar-refractivity contribution in [3.05, 3.63) is 35.4 Å². The molecule has 0 bridgehead atoms. The van der Waals surface area contributed by atoms with Gasteiger partial charge in [0.15, 0.2) is 0 Å². The first-order valence-corrected chi connectivity index (χ1v) is 8.77. The molecule has 2 aliphatic heterocycles. The van der Waals surface area contributed by atoms with E-state index in [9.17, 15) is 14.4 Å². The van der Waals surface area contributed by atoms with Gasteiger partial charge >= 0.3 is 6.09 Å². The average molecular weight is 360 g/mol. The highest BCUT2D eigenvalue weighted by Gasteiger charge is 2.40. The second-order valence-corrected chi connectivity index (χ2v) is 7.87. The summed E-state index contributed by atoms with van der Waals surface area (Å²) in [5, 5.41) is 0.793. The van der Waals surface area contributed by atoms with E-state index in [1.165, 1.54) is 0 Å². The van der Waals surface area contributed by atoms with Crippen molar-refractivity contribution < 1.29 is 24.0 Å². The summed E-state index contributed by atoms with van der Waals surface area (Å²) >= 11 is 0. The number of likely N-dealkylation sites (tertiary alicyclic amines) is 1. The SMILES string of the molecule is C[C@@H]1C[C@@H](CON2C(=O)c3ccccc3C2=O)N(C(=O)OC(C)(C)C)C1. The van der Waals surface area contributed by atoms with Gasteiger partial charge in [-0.1, -0.05) is 19.1 Å². The number of carbonyl (C=O) groups excluding carboxylic acids is 3. The molecule has 3 amide bonds. The van der Waals surface area contributed by atoms with E-state index < -0.39 is 23.5 Å². The summed E-state index contributed by atoms with van der Waals surface area (Å²) in [5.41, 5.74) is 0.0826. The third-order valence-corrected chi connectivity index (χ3v) is 4.40. The van der Waals surface area contributed by atoms with E-state index in [1.807, 2.05) is 27.7 Å². The number of carbonyl (C=O) groups is 3. The molecule has 1 saturated heterocycles. The zero-order valence-corrected chi connectivity index (χ0v) is 15.5. The van der Waals surface area contributed by atoms with Gasteiger partial charge in [-0.2, -0.15) is 0 Å². The lowest BCUT2D eigenvalue weighted by Gasteiger charge is -2.29. The van der Waals surface area contributed by atoms with Crippen LogP contribution in [-0.4, -0.2) is 52.7 Å². The van der Waals surface area contributed by atoms with Gasteiger partial charge in [-0.3, -0.25) is 14.4 Å². The second kappa shape index (κ2) is 6.72. The Labute approximate surface area is 152 Å². The van der Waals surface area contributed by atoms with Gasteiger partial charge in [-0.15, -0.1) is 5.06 Å².